The molecule has 0 bridgehead atoms. The van der Waals surface area contributed by atoms with Gasteiger partial charge in [0.05, 0.1) is 17.2 Å². The van der Waals surface area contributed by atoms with Crippen LogP contribution in [0.4, 0.5) is 0 Å². The second-order valence-electron chi connectivity index (χ2n) is 8.29. The van der Waals surface area contributed by atoms with Crippen LogP contribution >= 0.6 is 0 Å². The van der Waals surface area contributed by atoms with E-state index in [2.05, 4.69) is 10.1 Å². The first-order valence-corrected chi connectivity index (χ1v) is 10.2. The zero-order chi connectivity index (χ0) is 19.8. The summed E-state index contributed by atoms with van der Waals surface area (Å²) in [5, 5.41) is 4.36. The fourth-order valence-corrected chi connectivity index (χ4v) is 4.43. The Morgan fingerprint density at radius 1 is 1.31 bits per heavy atom. The van der Waals surface area contributed by atoms with Gasteiger partial charge in [-0.3, -0.25) is 9.78 Å². The van der Waals surface area contributed by atoms with Crippen molar-refractivity contribution in [2.45, 2.75) is 44.4 Å². The Kier molecular flexibility index (Phi) is 4.45. The molecule has 2 fully saturated rings. The average molecular weight is 392 g/mol. The molecule has 2 aliphatic rings. The number of aromatic nitrogens is 3. The van der Waals surface area contributed by atoms with Crippen LogP contribution in [0, 0.1) is 12.8 Å². The van der Waals surface area contributed by atoms with Crippen molar-refractivity contribution in [3.8, 4) is 11.6 Å². The highest BCUT2D eigenvalue weighted by molar-refractivity contribution is 5.95. The smallest absolute Gasteiger partial charge is 0.276 e. The van der Waals surface area contributed by atoms with Gasteiger partial charge in [0.15, 0.2) is 5.82 Å². The van der Waals surface area contributed by atoms with Crippen LogP contribution < -0.4 is 0 Å². The summed E-state index contributed by atoms with van der Waals surface area (Å²) < 4.78 is 10.9. The predicted octanol–water partition coefficient (Wildman–Crippen LogP) is 4.01. The van der Waals surface area contributed by atoms with E-state index in [0.717, 1.165) is 25.8 Å². The summed E-state index contributed by atoms with van der Waals surface area (Å²) in [5.74, 6) is 2.49. The minimum atomic E-state index is -0.275. The number of hydrogen-bond acceptors (Lipinski definition) is 6. The number of hydrogen-bond donors (Lipinski definition) is 0. The zero-order valence-electron chi connectivity index (χ0n) is 16.5. The van der Waals surface area contributed by atoms with E-state index >= 15 is 0 Å². The Morgan fingerprint density at radius 3 is 2.93 bits per heavy atom. The summed E-state index contributed by atoms with van der Waals surface area (Å²) in [6.07, 6.45) is 8.63. The van der Waals surface area contributed by atoms with Gasteiger partial charge in [-0.25, -0.2) is 0 Å². The van der Waals surface area contributed by atoms with E-state index in [1.807, 2.05) is 30.0 Å². The third kappa shape index (κ3) is 3.45. The first-order valence-electron chi connectivity index (χ1n) is 10.2. The van der Waals surface area contributed by atoms with Gasteiger partial charge in [0.2, 0.25) is 0 Å². The molecule has 7 heteroatoms. The van der Waals surface area contributed by atoms with Crippen molar-refractivity contribution in [3.63, 3.8) is 0 Å². The lowest BCUT2D eigenvalue weighted by Gasteiger charge is -2.41. The van der Waals surface area contributed by atoms with Crippen molar-refractivity contribution in [2.24, 2.45) is 5.92 Å². The number of nitrogens with zero attached hydrogens (tertiary/aromatic N) is 4. The minimum absolute atomic E-state index is 0.0181. The molecule has 29 heavy (non-hydrogen) atoms. The molecule has 0 N–H and O–H groups in total. The van der Waals surface area contributed by atoms with Crippen LogP contribution in [0.3, 0.4) is 0 Å². The topological polar surface area (TPSA) is 85.3 Å². The monoisotopic (exact) mass is 392 g/mol. The van der Waals surface area contributed by atoms with Gasteiger partial charge in [-0.2, -0.15) is 4.98 Å². The molecule has 0 spiro atoms. The summed E-state index contributed by atoms with van der Waals surface area (Å²) in [6, 6.07) is 7.38. The largest absolute Gasteiger partial charge is 0.469 e. The number of pyridine rings is 1. The molecule has 1 amide bonds. The molecular formula is C22H24N4O3. The van der Waals surface area contributed by atoms with E-state index in [-0.39, 0.29) is 11.3 Å². The van der Waals surface area contributed by atoms with Gasteiger partial charge in [0, 0.05) is 19.3 Å². The first-order chi connectivity index (χ1) is 14.1. The van der Waals surface area contributed by atoms with Crippen LogP contribution in [0.5, 0.6) is 0 Å². The summed E-state index contributed by atoms with van der Waals surface area (Å²) in [5.41, 5.74) is 1.03. The lowest BCUT2D eigenvalue weighted by atomic mass is 9.74. The highest BCUT2D eigenvalue weighted by Gasteiger charge is 2.46. The van der Waals surface area contributed by atoms with E-state index in [4.69, 9.17) is 13.9 Å². The summed E-state index contributed by atoms with van der Waals surface area (Å²) >= 11 is 0. The molecule has 1 aliphatic carbocycles. The third-order valence-electron chi connectivity index (χ3n) is 6.11. The highest BCUT2D eigenvalue weighted by Crippen LogP contribution is 2.46. The Labute approximate surface area is 169 Å². The van der Waals surface area contributed by atoms with Crippen molar-refractivity contribution in [3.05, 3.63) is 53.9 Å². The highest BCUT2D eigenvalue weighted by atomic mass is 16.5. The molecule has 1 aliphatic heterocycles. The number of carbonyl (C=O) groups excluding carboxylic acids is 1. The lowest BCUT2D eigenvalue weighted by Crippen LogP contribution is -2.49. The number of furan rings is 1. The normalized spacial score (nSPS) is 22.0. The van der Waals surface area contributed by atoms with E-state index in [0.29, 0.717) is 41.2 Å². The maximum Gasteiger partial charge on any atom is 0.276 e. The van der Waals surface area contributed by atoms with Gasteiger partial charge >= 0.3 is 0 Å². The van der Waals surface area contributed by atoms with E-state index < -0.39 is 0 Å². The third-order valence-corrected chi connectivity index (χ3v) is 6.11. The van der Waals surface area contributed by atoms with Gasteiger partial charge in [0.1, 0.15) is 11.5 Å². The fraction of sp³-hybridized carbons (Fsp3) is 0.455. The van der Waals surface area contributed by atoms with Crippen LogP contribution in [0.25, 0.3) is 11.6 Å². The summed E-state index contributed by atoms with van der Waals surface area (Å²) in [4.78, 5) is 24.1. The maximum atomic E-state index is 13.1. The summed E-state index contributed by atoms with van der Waals surface area (Å²) in [7, 11) is 0. The van der Waals surface area contributed by atoms with Gasteiger partial charge in [0.25, 0.3) is 11.8 Å². The van der Waals surface area contributed by atoms with Crippen molar-refractivity contribution >= 4 is 5.91 Å². The number of likely N-dealkylation sites (tertiary alicyclic amines) is 1. The van der Waals surface area contributed by atoms with Crippen LogP contribution in [-0.2, 0) is 5.41 Å². The van der Waals surface area contributed by atoms with Crippen LogP contribution in [-0.4, -0.2) is 39.0 Å². The molecule has 0 aromatic carbocycles. The summed E-state index contributed by atoms with van der Waals surface area (Å²) in [6.45, 7) is 3.17. The molecule has 3 aromatic heterocycles. The average Bonchev–Trinajstić information content (AvgIpc) is 3.24. The number of aryl methyl sites for hydroxylation is 1. The van der Waals surface area contributed by atoms with Crippen molar-refractivity contribution in [1.82, 2.24) is 20.0 Å². The first kappa shape index (κ1) is 18.1. The Morgan fingerprint density at radius 2 is 2.21 bits per heavy atom. The Hall–Kier alpha value is -2.96. The Bertz CT molecular complexity index is 1010. The second-order valence-corrected chi connectivity index (χ2v) is 8.29. The van der Waals surface area contributed by atoms with Gasteiger partial charge in [-0.05, 0) is 50.3 Å². The molecule has 0 radical (unpaired) electrons. The Balaban J connectivity index is 1.46. The molecular weight excluding hydrogens is 368 g/mol. The standard InChI is InChI=1S/C22H24N4O3/c1-15-17(8-12-28-15)20(27)26-11-4-9-22(14-26,13-16-6-7-16)21-24-19(29-25-21)18-5-2-3-10-23-18/h2-3,5,8,10,12,16H,4,6-7,9,11,13-14H2,1H3. The molecule has 7 nitrogen and oxygen atoms in total. The molecule has 1 saturated heterocycles. The van der Waals surface area contributed by atoms with E-state index in [1.165, 1.54) is 12.8 Å². The molecule has 4 heterocycles. The predicted molar refractivity (Wildman–Crippen MR) is 105 cm³/mol. The number of amides is 1. The number of piperidine rings is 1. The molecule has 150 valence electrons. The molecule has 5 rings (SSSR count). The second kappa shape index (κ2) is 7.13. The van der Waals surface area contributed by atoms with Crippen molar-refractivity contribution in [2.75, 3.05) is 13.1 Å². The van der Waals surface area contributed by atoms with Crippen molar-refractivity contribution in [1.29, 1.82) is 0 Å². The van der Waals surface area contributed by atoms with Gasteiger partial charge in [-0.15, -0.1) is 0 Å². The quantitative estimate of drug-likeness (QED) is 0.652. The fourth-order valence-electron chi connectivity index (χ4n) is 4.43. The molecule has 1 unspecified atom stereocenters. The van der Waals surface area contributed by atoms with Gasteiger partial charge < -0.3 is 13.8 Å². The SMILES string of the molecule is Cc1occc1C(=O)N1CCCC(CC2CC2)(c2noc(-c3ccccn3)n2)C1. The van der Waals surface area contributed by atoms with E-state index in [9.17, 15) is 4.79 Å². The lowest BCUT2D eigenvalue weighted by molar-refractivity contribution is 0.0605. The number of carbonyl (C=O) groups is 1. The van der Waals surface area contributed by atoms with E-state index in [1.54, 1.807) is 18.5 Å². The van der Waals surface area contributed by atoms with Crippen molar-refractivity contribution < 1.29 is 13.7 Å². The number of rotatable bonds is 5. The van der Waals surface area contributed by atoms with Crippen LogP contribution in [0.2, 0.25) is 0 Å². The van der Waals surface area contributed by atoms with Gasteiger partial charge in [-0.1, -0.05) is 24.1 Å². The molecule has 1 atom stereocenters. The minimum Gasteiger partial charge on any atom is -0.469 e. The molecule has 1 saturated carbocycles. The van der Waals surface area contributed by atoms with Crippen LogP contribution in [0.1, 0.15) is 54.0 Å². The van der Waals surface area contributed by atoms with Crippen LogP contribution in [0.15, 0.2) is 45.7 Å². The molecule has 3 aromatic rings. The maximum absolute atomic E-state index is 13.1. The zero-order valence-corrected chi connectivity index (χ0v) is 16.5.